The number of carbonyl (C=O) groups is 2. The first-order chi connectivity index (χ1) is 13.6. The van der Waals surface area contributed by atoms with Crippen molar-refractivity contribution in [3.05, 3.63) is 35.9 Å². The van der Waals surface area contributed by atoms with E-state index < -0.39 is 33.4 Å². The molecular weight excluding hydrogens is 394 g/mol. The molecule has 2 amide bonds. The highest BCUT2D eigenvalue weighted by molar-refractivity contribution is 7.91. The zero-order valence-electron chi connectivity index (χ0n) is 16.7. The molecule has 0 spiro atoms. The third kappa shape index (κ3) is 7.06. The lowest BCUT2D eigenvalue weighted by atomic mass is 9.93. The Bertz CT molecular complexity index is 848. The van der Waals surface area contributed by atoms with Crippen molar-refractivity contribution in [3.63, 3.8) is 0 Å². The minimum atomic E-state index is -3.18. The molecule has 9 heteroatoms. The van der Waals surface area contributed by atoms with Gasteiger partial charge in [-0.25, -0.2) is 13.2 Å². The molecule has 1 aromatic rings. The van der Waals surface area contributed by atoms with Gasteiger partial charge in [0, 0.05) is 0 Å². The van der Waals surface area contributed by atoms with Crippen LogP contribution < -0.4 is 10.6 Å². The molecule has 0 saturated carbocycles. The van der Waals surface area contributed by atoms with Crippen molar-refractivity contribution < 1.29 is 22.7 Å². The van der Waals surface area contributed by atoms with Crippen LogP contribution in [0.25, 0.3) is 0 Å². The second-order valence-corrected chi connectivity index (χ2v) is 10.0. The summed E-state index contributed by atoms with van der Waals surface area (Å²) in [5.41, 5.74) is -0.424. The predicted octanol–water partition coefficient (Wildman–Crippen LogP) is 1.91. The Hall–Kier alpha value is -2.60. The first kappa shape index (κ1) is 22.7. The van der Waals surface area contributed by atoms with E-state index in [1.807, 2.05) is 44.2 Å². The molecule has 158 valence electrons. The van der Waals surface area contributed by atoms with Crippen LogP contribution in [0, 0.1) is 17.2 Å². The Kier molecular flexibility index (Phi) is 7.62. The Balaban J connectivity index is 1.99. The number of nitrogens with one attached hydrogen (secondary N) is 2. The normalized spacial score (nSPS) is 18.3. The molecule has 0 unspecified atom stereocenters. The molecular formula is C20H27N3O5S. The number of alkyl carbamates (subject to hydrolysis) is 1. The number of ether oxygens (including phenoxy) is 1. The van der Waals surface area contributed by atoms with E-state index in [9.17, 15) is 23.3 Å². The molecule has 1 aliphatic rings. The molecule has 0 bridgehead atoms. The fraction of sp³-hybridized carbons (Fsp3) is 0.550. The lowest BCUT2D eigenvalue weighted by molar-refractivity contribution is -0.125. The molecule has 29 heavy (non-hydrogen) atoms. The molecule has 1 saturated heterocycles. The molecule has 0 aliphatic carbocycles. The third-order valence-corrected chi connectivity index (χ3v) is 6.44. The molecule has 1 atom stereocenters. The third-order valence-electron chi connectivity index (χ3n) is 4.78. The summed E-state index contributed by atoms with van der Waals surface area (Å²) in [5.74, 6) is -0.717. The number of sulfone groups is 1. The van der Waals surface area contributed by atoms with Gasteiger partial charge in [0.1, 0.15) is 18.2 Å². The van der Waals surface area contributed by atoms with E-state index >= 15 is 0 Å². The van der Waals surface area contributed by atoms with E-state index in [-0.39, 0.29) is 36.9 Å². The van der Waals surface area contributed by atoms with Crippen LogP contribution in [0.4, 0.5) is 4.79 Å². The van der Waals surface area contributed by atoms with Gasteiger partial charge in [0.05, 0.1) is 17.6 Å². The maximum absolute atomic E-state index is 12.8. The van der Waals surface area contributed by atoms with Gasteiger partial charge in [0.15, 0.2) is 9.84 Å². The maximum atomic E-state index is 12.8. The van der Waals surface area contributed by atoms with Gasteiger partial charge < -0.3 is 15.4 Å². The summed E-state index contributed by atoms with van der Waals surface area (Å²) < 4.78 is 28.5. The summed E-state index contributed by atoms with van der Waals surface area (Å²) in [6.07, 6.45) is -0.312. The monoisotopic (exact) mass is 421 g/mol. The van der Waals surface area contributed by atoms with Crippen LogP contribution in [0.2, 0.25) is 0 Å². The van der Waals surface area contributed by atoms with Gasteiger partial charge >= 0.3 is 6.09 Å². The first-order valence-corrected chi connectivity index (χ1v) is 11.4. The van der Waals surface area contributed by atoms with Gasteiger partial charge in [-0.2, -0.15) is 5.26 Å². The second kappa shape index (κ2) is 9.74. The Morgan fingerprint density at radius 2 is 1.83 bits per heavy atom. The molecule has 1 fully saturated rings. The first-order valence-electron chi connectivity index (χ1n) is 9.56. The molecule has 8 nitrogen and oxygen atoms in total. The largest absolute Gasteiger partial charge is 0.445 e. The van der Waals surface area contributed by atoms with E-state index in [1.165, 1.54) is 0 Å². The van der Waals surface area contributed by atoms with Crippen molar-refractivity contribution in [2.24, 2.45) is 5.92 Å². The lowest BCUT2D eigenvalue weighted by Gasteiger charge is -2.33. The molecule has 1 heterocycles. The van der Waals surface area contributed by atoms with Gasteiger partial charge in [-0.05, 0) is 30.7 Å². The summed E-state index contributed by atoms with van der Waals surface area (Å²) >= 11 is 0. The van der Waals surface area contributed by atoms with Crippen LogP contribution >= 0.6 is 0 Å². The summed E-state index contributed by atoms with van der Waals surface area (Å²) in [5, 5.41) is 14.8. The average molecular weight is 422 g/mol. The zero-order chi connectivity index (χ0) is 21.5. The van der Waals surface area contributed by atoms with Gasteiger partial charge in [-0.1, -0.05) is 44.2 Å². The van der Waals surface area contributed by atoms with Crippen LogP contribution in [0.5, 0.6) is 0 Å². The molecule has 0 aromatic heterocycles. The van der Waals surface area contributed by atoms with E-state index in [0.29, 0.717) is 6.42 Å². The number of carbonyl (C=O) groups excluding carboxylic acids is 2. The van der Waals surface area contributed by atoms with Crippen LogP contribution in [-0.2, 0) is 26.0 Å². The van der Waals surface area contributed by atoms with Crippen molar-refractivity contribution in [1.29, 1.82) is 5.26 Å². The molecule has 0 radical (unpaired) electrons. The SMILES string of the molecule is CC(C)C[C@H](NC(=O)OCc1ccccc1)C(=O)NC1(C#N)CCS(=O)(=O)CC1. The Labute approximate surface area is 171 Å². The average Bonchev–Trinajstić information content (AvgIpc) is 2.68. The zero-order valence-corrected chi connectivity index (χ0v) is 17.5. The van der Waals surface area contributed by atoms with Gasteiger partial charge in [0.25, 0.3) is 0 Å². The van der Waals surface area contributed by atoms with Crippen molar-refractivity contribution in [3.8, 4) is 6.07 Å². The summed E-state index contributed by atoms with van der Waals surface area (Å²) in [4.78, 5) is 25.0. The number of rotatable bonds is 7. The van der Waals surface area contributed by atoms with E-state index in [1.54, 1.807) is 0 Å². The highest BCUT2D eigenvalue weighted by atomic mass is 32.2. The fourth-order valence-electron chi connectivity index (χ4n) is 3.08. The van der Waals surface area contributed by atoms with Crippen LogP contribution in [0.15, 0.2) is 30.3 Å². The lowest BCUT2D eigenvalue weighted by Crippen LogP contribution is -2.57. The van der Waals surface area contributed by atoms with Gasteiger partial charge in [0.2, 0.25) is 5.91 Å². The molecule has 2 N–H and O–H groups in total. The van der Waals surface area contributed by atoms with E-state index in [0.717, 1.165) is 5.56 Å². The minimum Gasteiger partial charge on any atom is -0.445 e. The number of nitriles is 1. The summed E-state index contributed by atoms with van der Waals surface area (Å²) in [6.45, 7) is 3.89. The topological polar surface area (TPSA) is 125 Å². The number of amides is 2. The van der Waals surface area contributed by atoms with Gasteiger partial charge in [-0.15, -0.1) is 0 Å². The number of hydrogen-bond donors (Lipinski definition) is 2. The van der Waals surface area contributed by atoms with Crippen molar-refractivity contribution in [1.82, 2.24) is 10.6 Å². The standard InChI is InChI=1S/C20H27N3O5S/c1-15(2)12-17(22-19(25)28-13-16-6-4-3-5-7-16)18(24)23-20(14-21)8-10-29(26,27)11-9-20/h3-7,15,17H,8-13H2,1-2H3,(H,22,25)(H,23,24)/t17-/m0/s1. The van der Waals surface area contributed by atoms with Crippen LogP contribution in [-0.4, -0.2) is 43.5 Å². The number of benzene rings is 1. The highest BCUT2D eigenvalue weighted by Gasteiger charge is 2.40. The van der Waals surface area contributed by atoms with Crippen molar-refractivity contribution in [2.75, 3.05) is 11.5 Å². The molecule has 1 aliphatic heterocycles. The van der Waals surface area contributed by atoms with Crippen LogP contribution in [0.1, 0.15) is 38.7 Å². The number of hydrogen-bond acceptors (Lipinski definition) is 6. The molecule has 2 rings (SSSR count). The fourth-order valence-corrected chi connectivity index (χ4v) is 4.61. The van der Waals surface area contributed by atoms with Crippen molar-refractivity contribution in [2.45, 2.75) is 51.3 Å². The van der Waals surface area contributed by atoms with Gasteiger partial charge in [-0.3, -0.25) is 4.79 Å². The predicted molar refractivity (Wildman–Crippen MR) is 107 cm³/mol. The van der Waals surface area contributed by atoms with E-state index in [2.05, 4.69) is 16.7 Å². The Morgan fingerprint density at radius 1 is 1.21 bits per heavy atom. The summed E-state index contributed by atoms with van der Waals surface area (Å²) in [6, 6.07) is 10.3. The second-order valence-electron chi connectivity index (χ2n) is 7.72. The van der Waals surface area contributed by atoms with Crippen molar-refractivity contribution >= 4 is 21.8 Å². The maximum Gasteiger partial charge on any atom is 0.408 e. The molecule has 1 aromatic carbocycles. The highest BCUT2D eigenvalue weighted by Crippen LogP contribution is 2.23. The minimum absolute atomic E-state index is 0.0322. The summed E-state index contributed by atoms with van der Waals surface area (Å²) in [7, 11) is -3.18. The quantitative estimate of drug-likeness (QED) is 0.693. The number of nitrogens with zero attached hydrogens (tertiary/aromatic N) is 1. The smallest absolute Gasteiger partial charge is 0.408 e. The van der Waals surface area contributed by atoms with Crippen LogP contribution in [0.3, 0.4) is 0 Å². The van der Waals surface area contributed by atoms with E-state index in [4.69, 9.17) is 4.74 Å². The Morgan fingerprint density at radius 3 is 2.38 bits per heavy atom.